The highest BCUT2D eigenvalue weighted by molar-refractivity contribution is 6.48. The number of fused-ring (bicyclic) bond motifs is 2. The lowest BCUT2D eigenvalue weighted by Gasteiger charge is -2.09. The third-order valence-electron chi connectivity index (χ3n) is 3.74. The lowest BCUT2D eigenvalue weighted by molar-refractivity contribution is -0.0454. The Balaban J connectivity index is 2.03. The number of hydrogen-bond donors (Lipinski definition) is 0. The van der Waals surface area contributed by atoms with Gasteiger partial charge in [0.2, 0.25) is 9.52 Å². The van der Waals surface area contributed by atoms with Gasteiger partial charge in [-0.1, -0.05) is 12.0 Å². The van der Waals surface area contributed by atoms with Gasteiger partial charge in [-0.2, -0.15) is 18.4 Å². The van der Waals surface area contributed by atoms with Crippen LogP contribution in [0, 0.1) is 28.6 Å². The molecule has 0 fully saturated rings. The van der Waals surface area contributed by atoms with E-state index in [0.717, 1.165) is 0 Å². The first-order chi connectivity index (χ1) is 12.4. The maximum Gasteiger partial charge on any atom is 0.367 e. The predicted octanol–water partition coefficient (Wildman–Crippen LogP) is 3.67. The largest absolute Gasteiger partial charge is 0.488 e. The fraction of sp³-hybridized carbons (Fsp3) is 0.105. The number of hydrogen-bond acceptors (Lipinski definition) is 2. The first kappa shape index (κ1) is 17.8. The summed E-state index contributed by atoms with van der Waals surface area (Å²) in [5.74, 6) is -1.82. The van der Waals surface area contributed by atoms with Gasteiger partial charge in [0, 0.05) is 28.8 Å². The van der Waals surface area contributed by atoms with Crippen LogP contribution >= 0.6 is 0 Å². The molecule has 2 nitrogen and oxygen atoms in total. The minimum absolute atomic E-state index is 0.0980. The number of allylic oxidation sites excluding steroid dienone is 1. The Kier molecular flexibility index (Phi) is 4.83. The molecule has 0 unspecified atom stereocenters. The summed E-state index contributed by atoms with van der Waals surface area (Å²) in [5, 5.41) is 9.10. The lowest BCUT2D eigenvalue weighted by atomic mass is 9.93. The number of nitrogens with zero attached hydrogens (tertiary/aromatic N) is 1. The van der Waals surface area contributed by atoms with Gasteiger partial charge in [-0.25, -0.2) is 4.39 Å². The second kappa shape index (κ2) is 7.07. The SMILES string of the molecule is N#C/C=C1\c2ccc(C#C[SiH2]C(F)(F)F)cc2COc2cc(F)ccc21. The van der Waals surface area contributed by atoms with Crippen molar-refractivity contribution in [1.29, 1.82) is 5.26 Å². The maximum atomic E-state index is 13.5. The smallest absolute Gasteiger partial charge is 0.367 e. The van der Waals surface area contributed by atoms with Crippen molar-refractivity contribution < 1.29 is 22.3 Å². The van der Waals surface area contributed by atoms with Crippen molar-refractivity contribution in [2.75, 3.05) is 0 Å². The van der Waals surface area contributed by atoms with Crippen LogP contribution in [0.15, 0.2) is 42.5 Å². The normalized spacial score (nSPS) is 14.7. The Morgan fingerprint density at radius 1 is 1.12 bits per heavy atom. The molecule has 7 heteroatoms. The molecule has 130 valence electrons. The van der Waals surface area contributed by atoms with E-state index in [1.807, 2.05) is 6.07 Å². The molecule has 0 aliphatic carbocycles. The average molecular weight is 373 g/mol. The van der Waals surface area contributed by atoms with E-state index >= 15 is 0 Å². The number of nitriles is 1. The number of benzene rings is 2. The predicted molar refractivity (Wildman–Crippen MR) is 91.3 cm³/mol. The quantitative estimate of drug-likeness (QED) is 0.306. The molecule has 3 rings (SSSR count). The molecule has 0 saturated carbocycles. The fourth-order valence-electron chi connectivity index (χ4n) is 2.66. The molecule has 1 aliphatic rings. The summed E-state index contributed by atoms with van der Waals surface area (Å²) in [4.78, 5) is 0. The lowest BCUT2D eigenvalue weighted by Crippen LogP contribution is -2.16. The second-order valence-corrected chi connectivity index (χ2v) is 7.09. The van der Waals surface area contributed by atoms with Crippen LogP contribution in [0.25, 0.3) is 5.57 Å². The van der Waals surface area contributed by atoms with Gasteiger partial charge in [-0.15, -0.1) is 5.54 Å². The molecule has 0 saturated heterocycles. The van der Waals surface area contributed by atoms with E-state index in [4.69, 9.17) is 10.00 Å². The fourth-order valence-corrected chi connectivity index (χ4v) is 3.15. The summed E-state index contributed by atoms with van der Waals surface area (Å²) < 4.78 is 56.0. The van der Waals surface area contributed by atoms with Crippen molar-refractivity contribution in [1.82, 2.24) is 0 Å². The monoisotopic (exact) mass is 373 g/mol. The van der Waals surface area contributed by atoms with Crippen LogP contribution in [0.1, 0.15) is 22.3 Å². The number of rotatable bonds is 0. The van der Waals surface area contributed by atoms with Crippen LogP contribution in [0.5, 0.6) is 5.75 Å². The average Bonchev–Trinajstić information content (AvgIpc) is 2.71. The maximum absolute atomic E-state index is 13.5. The van der Waals surface area contributed by atoms with Crippen molar-refractivity contribution in [3.05, 3.63) is 70.5 Å². The number of halogens is 4. The Morgan fingerprint density at radius 2 is 1.88 bits per heavy atom. The number of ether oxygens (including phenoxy) is 1. The van der Waals surface area contributed by atoms with Gasteiger partial charge in [0.15, 0.2) is 0 Å². The van der Waals surface area contributed by atoms with Gasteiger partial charge >= 0.3 is 5.80 Å². The first-order valence-corrected chi connectivity index (χ1v) is 9.00. The highest BCUT2D eigenvalue weighted by Crippen LogP contribution is 2.37. The molecule has 0 radical (unpaired) electrons. The van der Waals surface area contributed by atoms with Crippen molar-refractivity contribution in [2.24, 2.45) is 0 Å². The standard InChI is InChI=1S/C19H11F4NOSi/c20-14-2-4-17-16(5-7-24)15-3-1-12(6-8-26-19(21,22)23)9-13(15)11-25-18(17)10-14/h1-5,9-10H,11,26H2/b16-5+. The third-order valence-corrected chi connectivity index (χ3v) is 4.50. The molecule has 26 heavy (non-hydrogen) atoms. The van der Waals surface area contributed by atoms with Gasteiger partial charge in [-0.3, -0.25) is 0 Å². The van der Waals surface area contributed by atoms with E-state index in [1.54, 1.807) is 18.2 Å². The summed E-state index contributed by atoms with van der Waals surface area (Å²) >= 11 is 0. The highest BCUT2D eigenvalue weighted by Gasteiger charge is 2.25. The number of alkyl halides is 3. The molecule has 0 spiro atoms. The molecular weight excluding hydrogens is 362 g/mol. The van der Waals surface area contributed by atoms with Gasteiger partial charge < -0.3 is 4.74 Å². The molecule has 2 aromatic rings. The summed E-state index contributed by atoms with van der Waals surface area (Å²) in [6.45, 7) is 0.0980. The van der Waals surface area contributed by atoms with Crippen LogP contribution in [0.4, 0.5) is 17.6 Å². The van der Waals surface area contributed by atoms with Crippen molar-refractivity contribution in [3.63, 3.8) is 0 Å². The molecular formula is C19H11F4NOSi. The van der Waals surface area contributed by atoms with E-state index in [2.05, 4.69) is 11.5 Å². The van der Waals surface area contributed by atoms with Gasteiger partial charge in [0.05, 0.1) is 6.07 Å². The molecule has 1 heterocycles. The van der Waals surface area contributed by atoms with Crippen molar-refractivity contribution in [2.45, 2.75) is 12.4 Å². The van der Waals surface area contributed by atoms with Crippen LogP contribution in [0.2, 0.25) is 0 Å². The van der Waals surface area contributed by atoms with Crippen LogP contribution in [-0.4, -0.2) is 15.3 Å². The summed E-state index contributed by atoms with van der Waals surface area (Å²) in [6.07, 6.45) is 1.34. The molecule has 1 aliphatic heterocycles. The topological polar surface area (TPSA) is 33.0 Å². The molecule has 0 N–H and O–H groups in total. The molecule has 0 atom stereocenters. The summed E-state index contributed by atoms with van der Waals surface area (Å²) in [7, 11) is -2.47. The van der Waals surface area contributed by atoms with Crippen LogP contribution in [-0.2, 0) is 6.61 Å². The van der Waals surface area contributed by atoms with Gasteiger partial charge in [0.25, 0.3) is 0 Å². The zero-order valence-corrected chi connectivity index (χ0v) is 14.7. The molecule has 0 aromatic heterocycles. The highest BCUT2D eigenvalue weighted by atomic mass is 28.2. The van der Waals surface area contributed by atoms with Crippen LogP contribution < -0.4 is 4.74 Å². The third kappa shape index (κ3) is 3.96. The van der Waals surface area contributed by atoms with Crippen molar-refractivity contribution in [3.8, 4) is 23.3 Å². The Labute approximate surface area is 149 Å². The Bertz CT molecular complexity index is 993. The summed E-state index contributed by atoms with van der Waals surface area (Å²) in [6, 6.07) is 11.0. The molecule has 2 aromatic carbocycles. The van der Waals surface area contributed by atoms with E-state index in [0.29, 0.717) is 33.6 Å². The van der Waals surface area contributed by atoms with E-state index in [1.165, 1.54) is 24.3 Å². The second-order valence-electron chi connectivity index (χ2n) is 5.58. The first-order valence-electron chi connectivity index (χ1n) is 7.59. The van der Waals surface area contributed by atoms with E-state index in [9.17, 15) is 17.6 Å². The summed E-state index contributed by atoms with van der Waals surface area (Å²) in [5.41, 5.74) is 5.20. The van der Waals surface area contributed by atoms with E-state index in [-0.39, 0.29) is 6.61 Å². The zero-order chi connectivity index (χ0) is 18.7. The van der Waals surface area contributed by atoms with E-state index < -0.39 is 21.1 Å². The minimum Gasteiger partial charge on any atom is -0.488 e. The van der Waals surface area contributed by atoms with Gasteiger partial charge in [-0.05, 0) is 35.4 Å². The molecule has 0 amide bonds. The van der Waals surface area contributed by atoms with Crippen molar-refractivity contribution >= 4 is 15.1 Å². The van der Waals surface area contributed by atoms with Crippen LogP contribution in [0.3, 0.4) is 0 Å². The zero-order valence-electron chi connectivity index (χ0n) is 13.3. The molecule has 0 bridgehead atoms. The Hall–Kier alpha value is -3.03. The van der Waals surface area contributed by atoms with Gasteiger partial charge in [0.1, 0.15) is 18.2 Å². The Morgan fingerprint density at radius 3 is 2.62 bits per heavy atom. The minimum atomic E-state index is -4.20.